The SMILES string of the molecule is CCCOc1c(C(=O)OC)sc2ccc(NC(=O)Cc3cccc(OC)c3)cc12. The Kier molecular flexibility index (Phi) is 6.72. The number of thiophene rings is 1. The van der Waals surface area contributed by atoms with Crippen LogP contribution in [0.15, 0.2) is 42.5 Å². The number of carbonyl (C=O) groups is 2. The summed E-state index contributed by atoms with van der Waals surface area (Å²) in [5.41, 5.74) is 1.50. The van der Waals surface area contributed by atoms with Crippen molar-refractivity contribution in [2.45, 2.75) is 19.8 Å². The average molecular weight is 413 g/mol. The van der Waals surface area contributed by atoms with Gasteiger partial charge in [-0.05, 0) is 42.3 Å². The molecule has 3 aromatic rings. The van der Waals surface area contributed by atoms with Crippen molar-refractivity contribution in [2.75, 3.05) is 26.1 Å². The van der Waals surface area contributed by atoms with Crippen molar-refractivity contribution in [1.29, 1.82) is 0 Å². The molecular formula is C22H23NO5S. The Morgan fingerprint density at radius 2 is 1.93 bits per heavy atom. The highest BCUT2D eigenvalue weighted by molar-refractivity contribution is 7.21. The van der Waals surface area contributed by atoms with E-state index >= 15 is 0 Å². The fraction of sp³-hybridized carbons (Fsp3) is 0.273. The number of ether oxygens (including phenoxy) is 3. The Balaban J connectivity index is 1.84. The minimum absolute atomic E-state index is 0.142. The lowest BCUT2D eigenvalue weighted by atomic mass is 10.1. The summed E-state index contributed by atoms with van der Waals surface area (Å²) in [5, 5.41) is 3.69. The lowest BCUT2D eigenvalue weighted by Crippen LogP contribution is -2.14. The van der Waals surface area contributed by atoms with Crippen LogP contribution in [0.4, 0.5) is 5.69 Å². The van der Waals surface area contributed by atoms with Crippen LogP contribution in [-0.4, -0.2) is 32.7 Å². The van der Waals surface area contributed by atoms with Gasteiger partial charge in [0.25, 0.3) is 0 Å². The topological polar surface area (TPSA) is 73.9 Å². The number of methoxy groups -OCH3 is 2. The summed E-state index contributed by atoms with van der Waals surface area (Å²) in [6.07, 6.45) is 1.04. The lowest BCUT2D eigenvalue weighted by Gasteiger charge is -2.08. The first-order valence-corrected chi connectivity index (χ1v) is 10.1. The molecule has 0 bridgehead atoms. The maximum atomic E-state index is 12.5. The first-order valence-electron chi connectivity index (χ1n) is 9.26. The van der Waals surface area contributed by atoms with Crippen LogP contribution in [0, 0.1) is 0 Å². The maximum Gasteiger partial charge on any atom is 0.351 e. The van der Waals surface area contributed by atoms with Crippen molar-refractivity contribution in [3.63, 3.8) is 0 Å². The van der Waals surface area contributed by atoms with E-state index in [-0.39, 0.29) is 12.3 Å². The molecule has 0 spiro atoms. The van der Waals surface area contributed by atoms with Crippen molar-refractivity contribution in [1.82, 2.24) is 0 Å². The van der Waals surface area contributed by atoms with E-state index < -0.39 is 5.97 Å². The van der Waals surface area contributed by atoms with Crippen molar-refractivity contribution in [2.24, 2.45) is 0 Å². The van der Waals surface area contributed by atoms with E-state index in [1.54, 1.807) is 7.11 Å². The number of fused-ring (bicyclic) bond motifs is 1. The molecule has 1 aromatic heterocycles. The predicted molar refractivity (Wildman–Crippen MR) is 114 cm³/mol. The summed E-state index contributed by atoms with van der Waals surface area (Å²) in [6.45, 7) is 2.48. The summed E-state index contributed by atoms with van der Waals surface area (Å²) in [6, 6.07) is 12.9. The van der Waals surface area contributed by atoms with Crippen LogP contribution in [0.1, 0.15) is 28.6 Å². The minimum Gasteiger partial charge on any atom is -0.497 e. The van der Waals surface area contributed by atoms with Crippen LogP contribution in [0.2, 0.25) is 0 Å². The molecule has 1 heterocycles. The molecule has 6 nitrogen and oxygen atoms in total. The number of esters is 1. The molecule has 1 N–H and O–H groups in total. The third-order valence-corrected chi connectivity index (χ3v) is 5.38. The summed E-state index contributed by atoms with van der Waals surface area (Å²) in [5.74, 6) is 0.642. The molecule has 7 heteroatoms. The molecule has 1 amide bonds. The van der Waals surface area contributed by atoms with Gasteiger partial charge in [-0.2, -0.15) is 0 Å². The molecule has 0 saturated heterocycles. The fourth-order valence-corrected chi connectivity index (χ4v) is 3.95. The van der Waals surface area contributed by atoms with Gasteiger partial charge in [0.1, 0.15) is 5.75 Å². The van der Waals surface area contributed by atoms with Crippen LogP contribution in [0.25, 0.3) is 10.1 Å². The van der Waals surface area contributed by atoms with E-state index in [9.17, 15) is 9.59 Å². The van der Waals surface area contributed by atoms with Crippen molar-refractivity contribution < 1.29 is 23.8 Å². The average Bonchev–Trinajstić information content (AvgIpc) is 3.09. The Hall–Kier alpha value is -3.06. The first-order chi connectivity index (χ1) is 14.0. The molecule has 0 atom stereocenters. The Morgan fingerprint density at radius 3 is 2.66 bits per heavy atom. The van der Waals surface area contributed by atoms with Gasteiger partial charge in [-0.15, -0.1) is 11.3 Å². The maximum absolute atomic E-state index is 12.5. The predicted octanol–water partition coefficient (Wildman–Crippen LogP) is 4.67. The van der Waals surface area contributed by atoms with Gasteiger partial charge in [0, 0.05) is 15.8 Å². The molecule has 0 aliphatic carbocycles. The van der Waals surface area contributed by atoms with Crippen LogP contribution in [-0.2, 0) is 16.0 Å². The van der Waals surface area contributed by atoms with Gasteiger partial charge in [0.05, 0.1) is 27.2 Å². The zero-order valence-electron chi connectivity index (χ0n) is 16.6. The normalized spacial score (nSPS) is 10.6. The fourth-order valence-electron chi connectivity index (χ4n) is 2.90. The molecule has 0 aliphatic rings. The molecule has 0 unspecified atom stereocenters. The summed E-state index contributed by atoms with van der Waals surface area (Å²) in [4.78, 5) is 25.0. The van der Waals surface area contributed by atoms with E-state index in [4.69, 9.17) is 14.2 Å². The molecule has 0 saturated carbocycles. The molecule has 152 valence electrons. The summed E-state index contributed by atoms with van der Waals surface area (Å²) in [7, 11) is 2.94. The van der Waals surface area contributed by atoms with Gasteiger partial charge in [-0.25, -0.2) is 4.79 Å². The molecule has 0 aliphatic heterocycles. The minimum atomic E-state index is -0.430. The van der Waals surface area contributed by atoms with E-state index in [0.717, 1.165) is 22.1 Å². The number of hydrogen-bond acceptors (Lipinski definition) is 6. The summed E-state index contributed by atoms with van der Waals surface area (Å²) < 4.78 is 16.8. The Morgan fingerprint density at radius 1 is 1.10 bits per heavy atom. The second-order valence-electron chi connectivity index (χ2n) is 6.39. The molecule has 3 rings (SSSR count). The third-order valence-electron chi connectivity index (χ3n) is 4.25. The van der Waals surface area contributed by atoms with Crippen molar-refractivity contribution in [3.05, 3.63) is 52.9 Å². The lowest BCUT2D eigenvalue weighted by molar-refractivity contribution is -0.115. The summed E-state index contributed by atoms with van der Waals surface area (Å²) >= 11 is 1.32. The number of nitrogens with one attached hydrogen (secondary N) is 1. The van der Waals surface area contributed by atoms with Crippen LogP contribution in [0.3, 0.4) is 0 Å². The van der Waals surface area contributed by atoms with E-state index in [1.165, 1.54) is 18.4 Å². The number of hydrogen-bond donors (Lipinski definition) is 1. The highest BCUT2D eigenvalue weighted by Crippen LogP contribution is 2.39. The highest BCUT2D eigenvalue weighted by atomic mass is 32.1. The van der Waals surface area contributed by atoms with Crippen LogP contribution < -0.4 is 14.8 Å². The van der Waals surface area contributed by atoms with Gasteiger partial charge in [0.2, 0.25) is 5.91 Å². The molecular weight excluding hydrogens is 390 g/mol. The monoisotopic (exact) mass is 413 g/mol. The molecule has 29 heavy (non-hydrogen) atoms. The van der Waals surface area contributed by atoms with Crippen molar-refractivity contribution >= 4 is 39.0 Å². The van der Waals surface area contributed by atoms with Gasteiger partial charge in [0.15, 0.2) is 10.6 Å². The molecule has 0 radical (unpaired) electrons. The van der Waals surface area contributed by atoms with Crippen LogP contribution in [0.5, 0.6) is 11.5 Å². The Bertz CT molecular complexity index is 1030. The molecule has 2 aromatic carbocycles. The van der Waals surface area contributed by atoms with Crippen LogP contribution >= 0.6 is 11.3 Å². The van der Waals surface area contributed by atoms with Gasteiger partial charge >= 0.3 is 5.97 Å². The third kappa shape index (κ3) is 4.86. The van der Waals surface area contributed by atoms with E-state index in [1.807, 2.05) is 49.4 Å². The molecule has 0 fully saturated rings. The van der Waals surface area contributed by atoms with Crippen molar-refractivity contribution in [3.8, 4) is 11.5 Å². The number of rotatable bonds is 8. The zero-order valence-corrected chi connectivity index (χ0v) is 17.4. The van der Waals surface area contributed by atoms with Gasteiger partial charge in [-0.3, -0.25) is 4.79 Å². The van der Waals surface area contributed by atoms with E-state index in [2.05, 4.69) is 5.32 Å². The van der Waals surface area contributed by atoms with Gasteiger partial charge in [-0.1, -0.05) is 19.1 Å². The smallest absolute Gasteiger partial charge is 0.351 e. The number of benzene rings is 2. The quantitative estimate of drug-likeness (QED) is 0.544. The zero-order chi connectivity index (χ0) is 20.8. The highest BCUT2D eigenvalue weighted by Gasteiger charge is 2.21. The van der Waals surface area contributed by atoms with Gasteiger partial charge < -0.3 is 19.5 Å². The second kappa shape index (κ2) is 9.43. The largest absolute Gasteiger partial charge is 0.497 e. The number of amides is 1. The first kappa shape index (κ1) is 20.7. The van der Waals surface area contributed by atoms with E-state index in [0.29, 0.717) is 28.7 Å². The number of carbonyl (C=O) groups excluding carboxylic acids is 2. The second-order valence-corrected chi connectivity index (χ2v) is 7.44. The standard InChI is InChI=1S/C22H23NO5S/c1-4-10-28-20-17-13-15(8-9-18(17)29-21(20)22(25)27-3)23-19(24)12-14-6-5-7-16(11-14)26-2/h5-9,11,13H,4,10,12H2,1-3H3,(H,23,24). The Labute approximate surface area is 173 Å². The number of anilines is 1.